The Balaban J connectivity index is 0.808. The third-order valence-corrected chi connectivity index (χ3v) is 21.1. The number of aromatic nitrogens is 2. The summed E-state index contributed by atoms with van der Waals surface area (Å²) in [4.78, 5) is 21.8. The second kappa shape index (κ2) is 39.2. The molecule has 11 rings (SSSR count). The maximum atomic E-state index is 7.93. The maximum absolute atomic E-state index is 7.93. The van der Waals surface area contributed by atoms with Crippen LogP contribution in [0.3, 0.4) is 0 Å². The van der Waals surface area contributed by atoms with Crippen molar-refractivity contribution in [2.24, 2.45) is 20.0 Å². The molecule has 0 unspecified atom stereocenters. The lowest BCUT2D eigenvalue weighted by atomic mass is 10.0. The lowest BCUT2D eigenvalue weighted by molar-refractivity contribution is 0.481. The molecule has 520 valence electrons. The first kappa shape index (κ1) is 72.3. The molecule has 98 heavy (non-hydrogen) atoms. The quantitative estimate of drug-likeness (QED) is 0.0281. The van der Waals surface area contributed by atoms with Crippen LogP contribution in [-0.4, -0.2) is 27.0 Å². The van der Waals surface area contributed by atoms with Gasteiger partial charge in [-0.2, -0.15) is 0 Å². The van der Waals surface area contributed by atoms with Crippen LogP contribution in [0.25, 0.3) is 21.5 Å². The first-order valence-corrected chi connectivity index (χ1v) is 39.9. The highest BCUT2D eigenvalue weighted by Gasteiger charge is 2.36. The smallest absolute Gasteiger partial charge is 0.457 e. The van der Waals surface area contributed by atoms with Crippen molar-refractivity contribution in [3.63, 3.8) is 0 Å². The van der Waals surface area contributed by atoms with Gasteiger partial charge in [0.2, 0.25) is 0 Å². The number of rotatable bonds is 48. The molecule has 0 amide bonds. The minimum Gasteiger partial charge on any atom is -0.457 e. The zero-order chi connectivity index (χ0) is 67.4. The maximum Gasteiger partial charge on any atom is 0.499 e. The third-order valence-electron chi connectivity index (χ3n) is 20.7. The molecular weight excluding hydrogens is 1220 g/mol. The molecule has 3 aliphatic rings. The zero-order valence-electron chi connectivity index (χ0n) is 60.2. The van der Waals surface area contributed by atoms with E-state index in [2.05, 4.69) is 130 Å². The number of benzene rings is 6. The Morgan fingerprint density at radius 2 is 0.622 bits per heavy atom. The van der Waals surface area contributed by atoms with Gasteiger partial charge in [0.05, 0.1) is 0 Å². The van der Waals surface area contributed by atoms with E-state index in [0.717, 1.165) is 69.2 Å². The van der Waals surface area contributed by atoms with Crippen LogP contribution < -0.4 is 25.2 Å². The van der Waals surface area contributed by atoms with Crippen molar-refractivity contribution in [1.29, 1.82) is 0 Å². The van der Waals surface area contributed by atoms with E-state index >= 15 is 0 Å². The van der Waals surface area contributed by atoms with Crippen LogP contribution in [0.15, 0.2) is 147 Å². The van der Waals surface area contributed by atoms with E-state index in [1.54, 1.807) is 0 Å². The molecule has 0 fully saturated rings. The van der Waals surface area contributed by atoms with Gasteiger partial charge in [-0.05, 0) is 146 Å². The Hall–Kier alpha value is -6.91. The van der Waals surface area contributed by atoms with Crippen LogP contribution >= 0.6 is 11.5 Å². The number of halogens is 1. The fraction of sp³-hybridized carbons (Fsp3) is 0.517. The van der Waals surface area contributed by atoms with Crippen LogP contribution in [0, 0.1) is 0 Å². The fourth-order valence-corrected chi connectivity index (χ4v) is 15.4. The van der Waals surface area contributed by atoms with Gasteiger partial charge in [0.1, 0.15) is 57.1 Å². The SMILES string of the molecule is CCCCCCCCCCCCCCCc1cccc(Oc2ccc3c(c2)C2=NC/3=N\c3c4cc(Oc5cccc(CCCCCCCCCCCCCCC)c5)ccc4c4n3B(Cl)n3c(c5ccc(Oc6cccc(CCCCCCCCCCCCCCC)c6)cc5/c3=N/2)=N4)c1. The molecule has 0 atom stereocenters. The lowest BCUT2D eigenvalue weighted by Crippen LogP contribution is -2.44. The first-order chi connectivity index (χ1) is 48.4. The molecule has 0 radical (unpaired) electrons. The normalized spacial score (nSPS) is 13.7. The standard InChI is InChI=1S/C87H114BClN6O3/c1-4-7-10-13-16-19-22-25-28-31-34-37-40-46-67-49-43-52-70(61-67)96-73-55-58-76-79(64-73)83-90-82(76)91-86-80-65-74(97-71-53-44-50-68(62-71)47-41-38-35-32-29-26-23-20-17-14-11-8-5-2)56-59-77(80)84-93-85-78-60-57-75(66-81(78)87(92-83)95(85)88(89)94(84)86)98-72-54-45-51-69(63-72)48-42-39-36-33-30-27-24-21-18-15-12-9-6-3/h43-45,49-66H,4-42,46-48H2,1-3H3/b91-82-,91-86?,92-83?,92-87-. The molecule has 11 heteroatoms. The average Bonchev–Trinajstić information content (AvgIpc) is 1.54. The summed E-state index contributed by atoms with van der Waals surface area (Å²) in [5.41, 5.74) is 6.92. The van der Waals surface area contributed by atoms with Crippen molar-refractivity contribution in [2.75, 3.05) is 0 Å². The van der Waals surface area contributed by atoms with Crippen LogP contribution in [0.1, 0.15) is 299 Å². The van der Waals surface area contributed by atoms with E-state index in [1.807, 2.05) is 27.2 Å². The molecule has 0 aliphatic carbocycles. The molecule has 2 aromatic heterocycles. The largest absolute Gasteiger partial charge is 0.499 e. The van der Waals surface area contributed by atoms with E-state index in [4.69, 9.17) is 45.6 Å². The Labute approximate surface area is 593 Å². The summed E-state index contributed by atoms with van der Waals surface area (Å²) < 4.78 is 24.4. The molecule has 0 saturated carbocycles. The van der Waals surface area contributed by atoms with Crippen molar-refractivity contribution < 1.29 is 14.2 Å². The van der Waals surface area contributed by atoms with Crippen molar-refractivity contribution in [3.05, 3.63) is 166 Å². The molecular formula is C87H114BClN6O3. The van der Waals surface area contributed by atoms with Gasteiger partial charge in [0.15, 0.2) is 11.7 Å². The highest BCUT2D eigenvalue weighted by atomic mass is 35.5. The number of hydrogen-bond acceptors (Lipinski definition) is 7. The van der Waals surface area contributed by atoms with Crippen LogP contribution in [-0.2, 0) is 19.3 Å². The molecule has 3 aliphatic heterocycles. The average molecular weight is 1340 g/mol. The number of amidine groups is 2. The number of aliphatic imine (C=N–C) groups is 2. The fourth-order valence-electron chi connectivity index (χ4n) is 15.0. The number of fused-ring (bicyclic) bond motifs is 10. The number of nitrogens with zero attached hydrogens (tertiary/aromatic N) is 6. The van der Waals surface area contributed by atoms with E-state index in [-0.39, 0.29) is 0 Å². The Morgan fingerprint density at radius 3 is 1.05 bits per heavy atom. The predicted molar refractivity (Wildman–Crippen MR) is 415 cm³/mol. The second-order valence-electron chi connectivity index (χ2n) is 28.8. The topological polar surface area (TPSA) is 87.0 Å². The minimum absolute atomic E-state index is 0.524. The predicted octanol–water partition coefficient (Wildman–Crippen LogP) is 26.2. The van der Waals surface area contributed by atoms with Crippen molar-refractivity contribution >= 4 is 62.7 Å². The van der Waals surface area contributed by atoms with Crippen LogP contribution in [0.2, 0.25) is 0 Å². The molecule has 5 heterocycles. The summed E-state index contributed by atoms with van der Waals surface area (Å²) >= 11 is 7.93. The number of ether oxygens (including phenoxy) is 3. The molecule has 9 nitrogen and oxygen atoms in total. The Kier molecular flexibility index (Phi) is 28.9. The first-order valence-electron chi connectivity index (χ1n) is 39.5. The highest BCUT2D eigenvalue weighted by molar-refractivity contribution is 7.05. The highest BCUT2D eigenvalue weighted by Crippen LogP contribution is 2.44. The number of hydrogen-bond donors (Lipinski definition) is 0. The summed E-state index contributed by atoms with van der Waals surface area (Å²) in [7, 11) is 0. The summed E-state index contributed by atoms with van der Waals surface area (Å²) in [6.07, 6.45) is 55.0. The monoisotopic (exact) mass is 1340 g/mol. The minimum atomic E-state index is -0.778. The van der Waals surface area contributed by atoms with E-state index < -0.39 is 6.40 Å². The Bertz CT molecular complexity index is 3990. The van der Waals surface area contributed by atoms with Gasteiger partial charge in [-0.25, -0.2) is 20.0 Å². The van der Waals surface area contributed by atoms with Gasteiger partial charge in [0, 0.05) is 32.7 Å². The van der Waals surface area contributed by atoms with E-state index in [0.29, 0.717) is 51.5 Å². The van der Waals surface area contributed by atoms with Gasteiger partial charge in [-0.3, -0.25) is 0 Å². The van der Waals surface area contributed by atoms with E-state index in [1.165, 1.54) is 267 Å². The molecule has 8 aromatic rings. The van der Waals surface area contributed by atoms with Gasteiger partial charge in [-0.15, -0.1) is 11.5 Å². The molecule has 0 spiro atoms. The molecule has 4 bridgehead atoms. The van der Waals surface area contributed by atoms with Gasteiger partial charge >= 0.3 is 6.40 Å². The molecule has 0 saturated heterocycles. The van der Waals surface area contributed by atoms with Gasteiger partial charge in [-0.1, -0.05) is 288 Å². The second-order valence-corrected chi connectivity index (χ2v) is 29.2. The summed E-state index contributed by atoms with van der Waals surface area (Å²) in [5.74, 6) is 6.99. The Morgan fingerprint density at radius 1 is 0.286 bits per heavy atom. The number of aryl methyl sites for hydroxylation is 3. The zero-order valence-corrected chi connectivity index (χ0v) is 60.9. The summed E-state index contributed by atoms with van der Waals surface area (Å²) in [6.45, 7) is 6.88. The van der Waals surface area contributed by atoms with Crippen LogP contribution in [0.4, 0.5) is 11.6 Å². The van der Waals surface area contributed by atoms with Crippen LogP contribution in [0.5, 0.6) is 34.5 Å². The van der Waals surface area contributed by atoms with Gasteiger partial charge in [0.25, 0.3) is 0 Å². The molecule has 0 N–H and O–H groups in total. The lowest BCUT2D eigenvalue weighted by Gasteiger charge is -2.18. The molecule has 6 aromatic carbocycles. The third kappa shape index (κ3) is 20.6. The van der Waals surface area contributed by atoms with E-state index in [9.17, 15) is 0 Å². The number of unbranched alkanes of at least 4 members (excludes halogenated alkanes) is 36. The summed E-state index contributed by atoms with van der Waals surface area (Å²) in [6, 6.07) is 44.4. The van der Waals surface area contributed by atoms with Crippen molar-refractivity contribution in [3.8, 4) is 34.5 Å². The van der Waals surface area contributed by atoms with Crippen molar-refractivity contribution in [2.45, 2.75) is 290 Å². The van der Waals surface area contributed by atoms with Gasteiger partial charge < -0.3 is 23.2 Å². The summed E-state index contributed by atoms with van der Waals surface area (Å²) in [5, 5.41) is 3.56. The van der Waals surface area contributed by atoms with Crippen molar-refractivity contribution in [1.82, 2.24) is 8.96 Å².